The lowest BCUT2D eigenvalue weighted by Gasteiger charge is -2.12. The second kappa shape index (κ2) is 5.59. The molecule has 7 heteroatoms. The Balaban J connectivity index is 1.88. The first-order valence-electron chi connectivity index (χ1n) is 6.49. The number of aromatic nitrogens is 1. The Bertz CT molecular complexity index is 775. The molecule has 5 nitrogen and oxygen atoms in total. The fraction of sp³-hybridized carbons (Fsp3) is 0.133. The highest BCUT2D eigenvalue weighted by Crippen LogP contribution is 2.40. The van der Waals surface area contributed by atoms with Gasteiger partial charge in [-0.15, -0.1) is 0 Å². The normalized spacial score (nSPS) is 16.1. The van der Waals surface area contributed by atoms with Crippen LogP contribution in [0.3, 0.4) is 0 Å². The molecule has 2 N–H and O–H groups in total. The van der Waals surface area contributed by atoms with Gasteiger partial charge in [-0.3, -0.25) is 14.6 Å². The van der Waals surface area contributed by atoms with E-state index in [0.29, 0.717) is 21.8 Å². The van der Waals surface area contributed by atoms with E-state index < -0.39 is 6.04 Å². The lowest BCUT2D eigenvalue weighted by molar-refractivity contribution is -0.117. The molecular weight excluding hydrogens is 325 g/mol. The Kier molecular flexibility index (Phi) is 3.76. The van der Waals surface area contributed by atoms with E-state index in [1.165, 1.54) is 6.20 Å². The van der Waals surface area contributed by atoms with Crippen LogP contribution < -0.4 is 10.6 Å². The number of fused-ring (bicyclic) bond motifs is 1. The molecule has 1 atom stereocenters. The van der Waals surface area contributed by atoms with E-state index in [-0.39, 0.29) is 16.8 Å². The maximum atomic E-state index is 12.2. The number of hydrogen-bond acceptors (Lipinski definition) is 3. The van der Waals surface area contributed by atoms with Gasteiger partial charge in [-0.05, 0) is 25.1 Å². The summed E-state index contributed by atoms with van der Waals surface area (Å²) in [5.74, 6) is -0.737. The molecule has 0 spiro atoms. The number of rotatable bonds is 2. The molecule has 1 aliphatic rings. The van der Waals surface area contributed by atoms with Crippen LogP contribution in [0.5, 0.6) is 0 Å². The molecule has 0 fully saturated rings. The van der Waals surface area contributed by atoms with Crippen molar-refractivity contribution in [2.24, 2.45) is 0 Å². The Hall–Kier alpha value is -2.11. The van der Waals surface area contributed by atoms with E-state index in [9.17, 15) is 9.59 Å². The molecule has 1 unspecified atom stereocenters. The van der Waals surface area contributed by atoms with Crippen LogP contribution in [-0.2, 0) is 4.79 Å². The van der Waals surface area contributed by atoms with Crippen molar-refractivity contribution in [1.29, 1.82) is 0 Å². The fourth-order valence-electron chi connectivity index (χ4n) is 2.23. The molecule has 112 valence electrons. The van der Waals surface area contributed by atoms with Crippen LogP contribution in [0.1, 0.15) is 27.7 Å². The third kappa shape index (κ3) is 2.53. The predicted octanol–water partition coefficient (Wildman–Crippen LogP) is 3.12. The zero-order valence-electron chi connectivity index (χ0n) is 11.5. The van der Waals surface area contributed by atoms with Gasteiger partial charge in [0.1, 0.15) is 6.04 Å². The highest BCUT2D eigenvalue weighted by atomic mass is 35.5. The summed E-state index contributed by atoms with van der Waals surface area (Å²) in [6, 6.07) is 5.84. The standard InChI is InChI=1S/C15H11Cl2N3O2/c1-7-2-3-8(6-18-7)14(21)20-13-9-4-5-10(16)11(17)12(9)19-15(13)22/h2-6,13H,1H3,(H,19,22)(H,20,21). The van der Waals surface area contributed by atoms with Crippen molar-refractivity contribution in [2.75, 3.05) is 5.32 Å². The molecule has 0 saturated carbocycles. The number of halogens is 2. The highest BCUT2D eigenvalue weighted by Gasteiger charge is 2.34. The summed E-state index contributed by atoms with van der Waals surface area (Å²) in [6.45, 7) is 1.83. The van der Waals surface area contributed by atoms with Gasteiger partial charge in [-0.1, -0.05) is 29.3 Å². The van der Waals surface area contributed by atoms with Crippen molar-refractivity contribution in [3.05, 3.63) is 57.3 Å². The van der Waals surface area contributed by atoms with Gasteiger partial charge in [0.2, 0.25) is 0 Å². The van der Waals surface area contributed by atoms with Gasteiger partial charge in [-0.2, -0.15) is 0 Å². The molecule has 1 aliphatic heterocycles. The molecule has 0 radical (unpaired) electrons. The second-order valence-corrected chi connectivity index (χ2v) is 5.69. The first-order chi connectivity index (χ1) is 10.5. The smallest absolute Gasteiger partial charge is 0.253 e. The molecule has 2 amide bonds. The third-order valence-electron chi connectivity index (χ3n) is 3.40. The number of benzene rings is 1. The maximum absolute atomic E-state index is 12.2. The van der Waals surface area contributed by atoms with Crippen LogP contribution in [0.4, 0.5) is 5.69 Å². The maximum Gasteiger partial charge on any atom is 0.253 e. The van der Waals surface area contributed by atoms with Crippen LogP contribution in [0, 0.1) is 6.92 Å². The Labute approximate surface area is 136 Å². The summed E-state index contributed by atoms with van der Waals surface area (Å²) in [5, 5.41) is 5.92. The van der Waals surface area contributed by atoms with Crippen molar-refractivity contribution < 1.29 is 9.59 Å². The van der Waals surface area contributed by atoms with Gasteiger partial charge in [-0.25, -0.2) is 0 Å². The number of pyridine rings is 1. The third-order valence-corrected chi connectivity index (χ3v) is 4.20. The number of nitrogens with one attached hydrogen (secondary N) is 2. The van der Waals surface area contributed by atoms with E-state index >= 15 is 0 Å². The molecule has 2 aromatic rings. The zero-order chi connectivity index (χ0) is 15.9. The highest BCUT2D eigenvalue weighted by molar-refractivity contribution is 6.44. The van der Waals surface area contributed by atoms with Crippen molar-refractivity contribution in [3.8, 4) is 0 Å². The molecule has 0 saturated heterocycles. The van der Waals surface area contributed by atoms with Gasteiger partial charge in [0.15, 0.2) is 0 Å². The summed E-state index contributed by atoms with van der Waals surface area (Å²) < 4.78 is 0. The largest absolute Gasteiger partial charge is 0.336 e. The number of carbonyl (C=O) groups is 2. The minimum absolute atomic E-state index is 0.265. The number of anilines is 1. The first kappa shape index (κ1) is 14.8. The van der Waals surface area contributed by atoms with Gasteiger partial charge in [0, 0.05) is 17.5 Å². The zero-order valence-corrected chi connectivity index (χ0v) is 13.0. The Morgan fingerprint density at radius 2 is 2.05 bits per heavy atom. The van der Waals surface area contributed by atoms with E-state index in [2.05, 4.69) is 15.6 Å². The summed E-state index contributed by atoms with van der Waals surface area (Å²) in [7, 11) is 0. The lowest BCUT2D eigenvalue weighted by Crippen LogP contribution is -2.32. The molecule has 0 aliphatic carbocycles. The van der Waals surface area contributed by atoms with E-state index in [4.69, 9.17) is 23.2 Å². The molecule has 3 rings (SSSR count). The van der Waals surface area contributed by atoms with E-state index in [1.807, 2.05) is 6.92 Å². The Morgan fingerprint density at radius 1 is 1.27 bits per heavy atom. The van der Waals surface area contributed by atoms with Crippen LogP contribution >= 0.6 is 23.2 Å². The van der Waals surface area contributed by atoms with Crippen molar-refractivity contribution in [3.63, 3.8) is 0 Å². The molecule has 22 heavy (non-hydrogen) atoms. The average molecular weight is 336 g/mol. The number of carbonyl (C=O) groups excluding carboxylic acids is 2. The minimum Gasteiger partial charge on any atom is -0.336 e. The van der Waals surface area contributed by atoms with Crippen LogP contribution in [0.25, 0.3) is 0 Å². The number of nitrogens with zero attached hydrogens (tertiary/aromatic N) is 1. The van der Waals surface area contributed by atoms with Gasteiger partial charge >= 0.3 is 0 Å². The van der Waals surface area contributed by atoms with Crippen molar-refractivity contribution in [2.45, 2.75) is 13.0 Å². The van der Waals surface area contributed by atoms with Gasteiger partial charge < -0.3 is 10.6 Å². The average Bonchev–Trinajstić information content (AvgIpc) is 2.81. The monoisotopic (exact) mass is 335 g/mol. The van der Waals surface area contributed by atoms with Crippen LogP contribution in [0.2, 0.25) is 10.0 Å². The van der Waals surface area contributed by atoms with Crippen molar-refractivity contribution >= 4 is 40.7 Å². The summed E-state index contributed by atoms with van der Waals surface area (Å²) in [4.78, 5) is 28.4. The lowest BCUT2D eigenvalue weighted by atomic mass is 10.1. The SMILES string of the molecule is Cc1ccc(C(=O)NC2C(=O)Nc3c2ccc(Cl)c3Cl)cn1. The van der Waals surface area contributed by atoms with Gasteiger partial charge in [0.25, 0.3) is 11.8 Å². The summed E-state index contributed by atoms with van der Waals surface area (Å²) in [6.07, 6.45) is 1.47. The molecule has 1 aromatic carbocycles. The molecular formula is C15H11Cl2N3O2. The van der Waals surface area contributed by atoms with Gasteiger partial charge in [0.05, 0.1) is 21.3 Å². The first-order valence-corrected chi connectivity index (χ1v) is 7.25. The quantitative estimate of drug-likeness (QED) is 0.885. The number of hydrogen-bond donors (Lipinski definition) is 2. The van der Waals surface area contributed by atoms with Crippen LogP contribution in [0.15, 0.2) is 30.5 Å². The van der Waals surface area contributed by atoms with Crippen LogP contribution in [-0.4, -0.2) is 16.8 Å². The predicted molar refractivity (Wildman–Crippen MR) is 84.3 cm³/mol. The summed E-state index contributed by atoms with van der Waals surface area (Å²) in [5.41, 5.74) is 2.22. The second-order valence-electron chi connectivity index (χ2n) is 4.91. The van der Waals surface area contributed by atoms with E-state index in [0.717, 1.165) is 5.69 Å². The minimum atomic E-state index is -0.807. The van der Waals surface area contributed by atoms with Crippen molar-refractivity contribution in [1.82, 2.24) is 10.3 Å². The number of aryl methyl sites for hydroxylation is 1. The van der Waals surface area contributed by atoms with E-state index in [1.54, 1.807) is 24.3 Å². The summed E-state index contributed by atoms with van der Waals surface area (Å²) >= 11 is 12.0. The molecule has 0 bridgehead atoms. The molecule has 1 aromatic heterocycles. The topological polar surface area (TPSA) is 71.1 Å². The fourth-order valence-corrected chi connectivity index (χ4v) is 2.61. The Morgan fingerprint density at radius 3 is 2.73 bits per heavy atom. The number of amides is 2. The molecule has 2 heterocycles.